The lowest BCUT2D eigenvalue weighted by Gasteiger charge is -2.05. The second kappa shape index (κ2) is 12.5. The van der Waals surface area contributed by atoms with Crippen LogP contribution >= 0.6 is 0 Å². The lowest BCUT2D eigenvalue weighted by Crippen LogP contribution is -1.92. The topological polar surface area (TPSA) is 0 Å². The number of hydrogen-bond acceptors (Lipinski definition) is 0. The third kappa shape index (κ3) is 16.1. The molecule has 0 spiro atoms. The van der Waals surface area contributed by atoms with Gasteiger partial charge in [0.25, 0.3) is 0 Å². The van der Waals surface area contributed by atoms with Crippen LogP contribution in [0.25, 0.3) is 0 Å². The van der Waals surface area contributed by atoms with Gasteiger partial charge in [0.15, 0.2) is 0 Å². The Morgan fingerprint density at radius 1 is 0.588 bits per heavy atom. The summed E-state index contributed by atoms with van der Waals surface area (Å²) >= 11 is 0. The quantitative estimate of drug-likeness (QED) is 0.290. The Kier molecular flexibility index (Phi) is 12.6. The van der Waals surface area contributed by atoms with E-state index >= 15 is 0 Å². The minimum Gasteiger partial charge on any atom is -0.0803 e. The first-order valence-corrected chi connectivity index (χ1v) is 7.94. The summed E-state index contributed by atoms with van der Waals surface area (Å²) in [5.41, 5.74) is 0. The van der Waals surface area contributed by atoms with Gasteiger partial charge in [0.1, 0.15) is 7.28 Å². The van der Waals surface area contributed by atoms with Gasteiger partial charge in [0, 0.05) is 0 Å². The highest BCUT2D eigenvalue weighted by Crippen LogP contribution is 2.12. The molecule has 0 aliphatic heterocycles. The minimum absolute atomic E-state index is 0.889. The minimum atomic E-state index is 0.889. The fourth-order valence-corrected chi connectivity index (χ4v) is 2.18. The molecule has 17 heavy (non-hydrogen) atoms. The average Bonchev–Trinajstić information content (AvgIpc) is 2.25. The Morgan fingerprint density at radius 2 is 1.00 bits per heavy atom. The van der Waals surface area contributed by atoms with Crippen LogP contribution in [0.3, 0.4) is 0 Å². The van der Waals surface area contributed by atoms with Crippen molar-refractivity contribution < 1.29 is 0 Å². The Bertz CT molecular complexity index is 124. The van der Waals surface area contributed by atoms with Gasteiger partial charge in [-0.25, -0.2) is 0 Å². The van der Waals surface area contributed by atoms with E-state index < -0.39 is 0 Å². The zero-order valence-electron chi connectivity index (χ0n) is 12.8. The van der Waals surface area contributed by atoms with Crippen LogP contribution in [0.5, 0.6) is 0 Å². The molecule has 1 heteroatoms. The molecule has 0 aliphatic rings. The standard InChI is InChI=1S/C16H34B/c1-15(2)11-7-5-9-13-17-14-10-6-8-12-16(3)4/h15-16H,5-14H2,1-4H3. The summed E-state index contributed by atoms with van der Waals surface area (Å²) in [7, 11) is 2.52. The maximum Gasteiger partial charge on any atom is 0.109 e. The predicted molar refractivity (Wildman–Crippen MR) is 82.0 cm³/mol. The zero-order valence-corrected chi connectivity index (χ0v) is 12.8. The molecular weight excluding hydrogens is 203 g/mol. The van der Waals surface area contributed by atoms with Gasteiger partial charge in [-0.05, 0) is 11.8 Å². The van der Waals surface area contributed by atoms with Crippen molar-refractivity contribution in [1.82, 2.24) is 0 Å². The van der Waals surface area contributed by atoms with E-state index in [1.54, 1.807) is 0 Å². The fourth-order valence-electron chi connectivity index (χ4n) is 2.18. The van der Waals surface area contributed by atoms with E-state index in [1.807, 2.05) is 0 Å². The zero-order chi connectivity index (χ0) is 12.9. The third-order valence-corrected chi connectivity index (χ3v) is 3.38. The Balaban J connectivity index is 2.94. The molecule has 0 aromatic heterocycles. The first kappa shape index (κ1) is 17.1. The maximum absolute atomic E-state index is 2.52. The van der Waals surface area contributed by atoms with E-state index in [2.05, 4.69) is 35.0 Å². The van der Waals surface area contributed by atoms with E-state index in [-0.39, 0.29) is 0 Å². The van der Waals surface area contributed by atoms with Crippen LogP contribution in [0, 0.1) is 11.8 Å². The molecule has 0 saturated carbocycles. The molecule has 0 amide bonds. The molecule has 0 aromatic rings. The van der Waals surface area contributed by atoms with Gasteiger partial charge in [-0.1, -0.05) is 91.7 Å². The third-order valence-electron chi connectivity index (χ3n) is 3.38. The van der Waals surface area contributed by atoms with Crippen molar-refractivity contribution >= 4 is 7.28 Å². The smallest absolute Gasteiger partial charge is 0.0803 e. The van der Waals surface area contributed by atoms with Crippen LogP contribution in [0.1, 0.15) is 79.1 Å². The molecule has 0 rings (SSSR count). The monoisotopic (exact) mass is 237 g/mol. The number of hydrogen-bond donors (Lipinski definition) is 0. The summed E-state index contributed by atoms with van der Waals surface area (Å²) in [5, 5.41) is 0. The Labute approximate surface area is 111 Å². The van der Waals surface area contributed by atoms with Crippen molar-refractivity contribution in [3.8, 4) is 0 Å². The van der Waals surface area contributed by atoms with Crippen molar-refractivity contribution in [2.75, 3.05) is 0 Å². The largest absolute Gasteiger partial charge is 0.109 e. The molecule has 0 saturated heterocycles. The van der Waals surface area contributed by atoms with Gasteiger partial charge in [-0.2, -0.15) is 0 Å². The van der Waals surface area contributed by atoms with Crippen molar-refractivity contribution in [2.24, 2.45) is 11.8 Å². The molecular formula is C16H34B. The second-order valence-electron chi connectivity index (χ2n) is 6.35. The number of rotatable bonds is 12. The van der Waals surface area contributed by atoms with Crippen LogP contribution in [-0.4, -0.2) is 7.28 Å². The lowest BCUT2D eigenvalue weighted by atomic mass is 9.68. The molecule has 101 valence electrons. The predicted octanol–water partition coefficient (Wildman–Crippen LogP) is 5.96. The van der Waals surface area contributed by atoms with E-state index in [0.29, 0.717) is 0 Å². The van der Waals surface area contributed by atoms with E-state index in [9.17, 15) is 0 Å². The van der Waals surface area contributed by atoms with Gasteiger partial charge >= 0.3 is 0 Å². The summed E-state index contributed by atoms with van der Waals surface area (Å²) in [4.78, 5) is 0. The van der Waals surface area contributed by atoms with Crippen LogP contribution in [0.4, 0.5) is 0 Å². The highest BCUT2D eigenvalue weighted by atomic mass is 14.0. The van der Waals surface area contributed by atoms with Gasteiger partial charge in [-0.15, -0.1) is 0 Å². The molecule has 0 aromatic carbocycles. The van der Waals surface area contributed by atoms with Crippen molar-refractivity contribution in [3.63, 3.8) is 0 Å². The molecule has 0 heterocycles. The van der Waals surface area contributed by atoms with E-state index in [4.69, 9.17) is 0 Å². The van der Waals surface area contributed by atoms with Crippen molar-refractivity contribution in [1.29, 1.82) is 0 Å². The van der Waals surface area contributed by atoms with E-state index in [1.165, 1.54) is 64.0 Å². The van der Waals surface area contributed by atoms with Crippen LogP contribution in [-0.2, 0) is 0 Å². The summed E-state index contributed by atoms with van der Waals surface area (Å²) in [6, 6.07) is 0. The summed E-state index contributed by atoms with van der Waals surface area (Å²) in [6.45, 7) is 9.29. The first-order valence-electron chi connectivity index (χ1n) is 7.94. The van der Waals surface area contributed by atoms with Gasteiger partial charge in [0.05, 0.1) is 0 Å². The molecule has 0 fully saturated rings. The maximum atomic E-state index is 2.52. The highest BCUT2D eigenvalue weighted by Gasteiger charge is 1.97. The fraction of sp³-hybridized carbons (Fsp3) is 1.00. The van der Waals surface area contributed by atoms with Gasteiger partial charge < -0.3 is 0 Å². The van der Waals surface area contributed by atoms with Gasteiger partial charge in [-0.3, -0.25) is 0 Å². The van der Waals surface area contributed by atoms with Crippen LogP contribution in [0.2, 0.25) is 12.6 Å². The summed E-state index contributed by atoms with van der Waals surface area (Å²) in [5.74, 6) is 1.78. The summed E-state index contributed by atoms with van der Waals surface area (Å²) < 4.78 is 0. The molecule has 0 atom stereocenters. The van der Waals surface area contributed by atoms with E-state index in [0.717, 1.165) is 11.8 Å². The molecule has 0 unspecified atom stereocenters. The van der Waals surface area contributed by atoms with Crippen LogP contribution < -0.4 is 0 Å². The summed E-state index contributed by atoms with van der Waals surface area (Å²) in [6.07, 6.45) is 14.1. The Morgan fingerprint density at radius 3 is 1.35 bits per heavy atom. The van der Waals surface area contributed by atoms with Crippen molar-refractivity contribution in [3.05, 3.63) is 0 Å². The first-order chi connectivity index (χ1) is 8.13. The Hall–Kier alpha value is 0.0649. The molecule has 0 bridgehead atoms. The number of unbranched alkanes of at least 4 members (excludes halogenated alkanes) is 4. The highest BCUT2D eigenvalue weighted by molar-refractivity contribution is 6.35. The lowest BCUT2D eigenvalue weighted by molar-refractivity contribution is 0.532. The second-order valence-corrected chi connectivity index (χ2v) is 6.35. The SMILES string of the molecule is CC(C)CCCCC[B]CCCCCC(C)C. The molecule has 0 nitrogen and oxygen atoms in total. The van der Waals surface area contributed by atoms with Crippen LogP contribution in [0.15, 0.2) is 0 Å². The molecule has 1 radical (unpaired) electrons. The normalized spacial score (nSPS) is 11.4. The van der Waals surface area contributed by atoms with Crippen molar-refractivity contribution in [2.45, 2.75) is 91.7 Å². The molecule has 0 N–H and O–H groups in total. The average molecular weight is 237 g/mol. The van der Waals surface area contributed by atoms with Gasteiger partial charge in [0.2, 0.25) is 0 Å². The molecule has 0 aliphatic carbocycles.